The minimum absolute atomic E-state index is 0.0443. The summed E-state index contributed by atoms with van der Waals surface area (Å²) in [6.07, 6.45) is 6.51. The van der Waals surface area contributed by atoms with E-state index in [2.05, 4.69) is 18.0 Å². The zero-order chi connectivity index (χ0) is 27.0. The Balaban J connectivity index is 2.39. The van der Waals surface area contributed by atoms with Crippen LogP contribution in [0.25, 0.3) is 6.08 Å². The van der Waals surface area contributed by atoms with Crippen molar-refractivity contribution in [3.8, 4) is 0 Å². The highest BCUT2D eigenvalue weighted by atomic mass is 32.1. The number of ether oxygens (including phenoxy) is 1. The molecule has 1 aromatic rings. The molecule has 0 spiro atoms. The molecule has 0 saturated carbocycles. The zero-order valence-electron chi connectivity index (χ0n) is 23.0. The molecule has 36 heavy (non-hydrogen) atoms. The molecular weight excluding hydrogens is 474 g/mol. The molecule has 5 atom stereocenters. The molecule has 2 rings (SSSR count). The number of aromatic nitrogens is 1. The van der Waals surface area contributed by atoms with Gasteiger partial charge in [0.25, 0.3) is 0 Å². The lowest BCUT2D eigenvalue weighted by atomic mass is 9.73. The van der Waals surface area contributed by atoms with E-state index in [9.17, 15) is 19.8 Å². The van der Waals surface area contributed by atoms with Gasteiger partial charge in [0.05, 0.1) is 34.7 Å². The van der Waals surface area contributed by atoms with Crippen molar-refractivity contribution in [1.82, 2.24) is 4.98 Å². The molecule has 0 amide bonds. The average Bonchev–Trinajstić information content (AvgIpc) is 3.23. The van der Waals surface area contributed by atoms with Gasteiger partial charge in [-0.3, -0.25) is 9.59 Å². The molecule has 0 aliphatic carbocycles. The molecular formula is C29H45NO5S. The van der Waals surface area contributed by atoms with Crippen molar-refractivity contribution in [3.63, 3.8) is 0 Å². The van der Waals surface area contributed by atoms with Crippen LogP contribution >= 0.6 is 11.3 Å². The number of thiazole rings is 1. The number of carbonyl (C=O) groups is 2. The number of aliphatic hydroxyl groups is 2. The molecule has 0 fully saturated rings. The van der Waals surface area contributed by atoms with Crippen LogP contribution in [-0.2, 0) is 14.3 Å². The van der Waals surface area contributed by atoms with Gasteiger partial charge in [-0.15, -0.1) is 11.3 Å². The molecule has 0 unspecified atom stereocenters. The quantitative estimate of drug-likeness (QED) is 0.371. The first-order valence-corrected chi connectivity index (χ1v) is 14.1. The molecule has 1 aliphatic heterocycles. The van der Waals surface area contributed by atoms with Gasteiger partial charge in [0.15, 0.2) is 0 Å². The lowest BCUT2D eigenvalue weighted by Crippen LogP contribution is -2.45. The van der Waals surface area contributed by atoms with Crippen molar-refractivity contribution < 1.29 is 24.5 Å². The molecule has 0 aromatic carbocycles. The minimum atomic E-state index is -1.22. The van der Waals surface area contributed by atoms with E-state index in [1.807, 2.05) is 32.2 Å². The molecule has 7 heteroatoms. The SMILES string of the molecule is CCC/C1=C/C[C@@H](/C(C)=C/c2csc(C)n2)OC(=O)C[C@H](O)C(C)(C)C(=O)[C@H](C)[C@@H](O)[C@@H](C)CCC1. The fraction of sp³-hybridized carbons (Fsp3) is 0.690. The van der Waals surface area contributed by atoms with Gasteiger partial charge in [-0.25, -0.2) is 4.98 Å². The molecule has 1 aliphatic rings. The van der Waals surface area contributed by atoms with Crippen LogP contribution in [0, 0.1) is 24.2 Å². The molecule has 202 valence electrons. The van der Waals surface area contributed by atoms with Crippen molar-refractivity contribution in [2.45, 2.75) is 112 Å². The number of esters is 1. The Bertz CT molecular complexity index is 947. The Labute approximate surface area is 220 Å². The third-order valence-electron chi connectivity index (χ3n) is 7.48. The summed E-state index contributed by atoms with van der Waals surface area (Å²) in [7, 11) is 0. The summed E-state index contributed by atoms with van der Waals surface area (Å²) in [5.74, 6) is -1.47. The Kier molecular flexibility index (Phi) is 11.5. The van der Waals surface area contributed by atoms with Gasteiger partial charge in [-0.2, -0.15) is 0 Å². The largest absolute Gasteiger partial charge is 0.457 e. The van der Waals surface area contributed by atoms with Crippen LogP contribution in [0.4, 0.5) is 0 Å². The summed E-state index contributed by atoms with van der Waals surface area (Å²) in [4.78, 5) is 30.7. The molecule has 2 heterocycles. The van der Waals surface area contributed by atoms with Crippen LogP contribution in [0.2, 0.25) is 0 Å². The second kappa shape index (κ2) is 13.6. The standard InChI is InChI=1S/C29H45NO5S/c1-8-10-22-12-9-11-18(2)27(33)20(4)28(34)29(6,7)25(31)16-26(32)35-24(14-13-22)19(3)15-23-17-36-21(5)30-23/h13,15,17-18,20,24-25,27,31,33H,8-12,14,16H2,1-7H3/b19-15+,22-13-/t18-,20+,24-,25-,27-/m0/s1. The van der Waals surface area contributed by atoms with Crippen molar-refractivity contribution in [1.29, 1.82) is 0 Å². The van der Waals surface area contributed by atoms with Crippen LogP contribution in [0.1, 0.15) is 97.2 Å². The van der Waals surface area contributed by atoms with Gasteiger partial charge >= 0.3 is 5.97 Å². The van der Waals surface area contributed by atoms with Gasteiger partial charge in [0, 0.05) is 17.7 Å². The number of allylic oxidation sites excluding steroid dienone is 1. The first-order chi connectivity index (χ1) is 16.9. The van der Waals surface area contributed by atoms with Crippen LogP contribution < -0.4 is 0 Å². The maximum atomic E-state index is 13.3. The number of Topliss-reactive ketones (excluding diaryl/α,β-unsaturated/α-hetero) is 1. The van der Waals surface area contributed by atoms with E-state index in [-0.39, 0.29) is 18.1 Å². The Morgan fingerprint density at radius 1 is 1.28 bits per heavy atom. The predicted molar refractivity (Wildman–Crippen MR) is 146 cm³/mol. The van der Waals surface area contributed by atoms with E-state index in [0.29, 0.717) is 6.42 Å². The number of nitrogens with zero attached hydrogens (tertiary/aromatic N) is 1. The molecule has 0 radical (unpaired) electrons. The lowest BCUT2D eigenvalue weighted by Gasteiger charge is -2.34. The van der Waals surface area contributed by atoms with E-state index in [0.717, 1.165) is 48.4 Å². The number of hydrogen-bond donors (Lipinski definition) is 2. The van der Waals surface area contributed by atoms with E-state index < -0.39 is 35.6 Å². The van der Waals surface area contributed by atoms with Crippen LogP contribution in [0.5, 0.6) is 0 Å². The summed E-state index contributed by atoms with van der Waals surface area (Å²) in [5, 5.41) is 24.7. The second-order valence-corrected chi connectivity index (χ2v) is 12.0. The van der Waals surface area contributed by atoms with Crippen LogP contribution in [-0.4, -0.2) is 45.3 Å². The summed E-state index contributed by atoms with van der Waals surface area (Å²) in [5.41, 5.74) is 1.85. The summed E-state index contributed by atoms with van der Waals surface area (Å²) in [6, 6.07) is 0. The number of cyclic esters (lactones) is 1. The first kappa shape index (κ1) is 30.4. The number of aryl methyl sites for hydroxylation is 1. The predicted octanol–water partition coefficient (Wildman–Crippen LogP) is 6.05. The number of rotatable bonds is 4. The van der Waals surface area contributed by atoms with E-state index in [4.69, 9.17) is 4.74 Å². The van der Waals surface area contributed by atoms with E-state index in [1.54, 1.807) is 32.1 Å². The number of aliphatic hydroxyl groups excluding tert-OH is 2. The Morgan fingerprint density at radius 2 is 1.97 bits per heavy atom. The fourth-order valence-corrected chi connectivity index (χ4v) is 5.43. The van der Waals surface area contributed by atoms with E-state index in [1.165, 1.54) is 5.57 Å². The van der Waals surface area contributed by atoms with E-state index >= 15 is 0 Å². The van der Waals surface area contributed by atoms with Gasteiger partial charge in [-0.05, 0) is 57.1 Å². The lowest BCUT2D eigenvalue weighted by molar-refractivity contribution is -0.154. The second-order valence-electron chi connectivity index (χ2n) is 11.0. The normalized spacial score (nSPS) is 31.0. The minimum Gasteiger partial charge on any atom is -0.457 e. The third kappa shape index (κ3) is 8.35. The molecule has 6 nitrogen and oxygen atoms in total. The van der Waals surface area contributed by atoms with Crippen molar-refractivity contribution in [2.24, 2.45) is 17.3 Å². The summed E-state index contributed by atoms with van der Waals surface area (Å²) < 4.78 is 5.89. The van der Waals surface area contributed by atoms with Gasteiger partial charge in [-0.1, -0.05) is 52.7 Å². The van der Waals surface area contributed by atoms with Gasteiger partial charge in [0.2, 0.25) is 0 Å². The smallest absolute Gasteiger partial charge is 0.309 e. The average molecular weight is 520 g/mol. The number of ketones is 1. The first-order valence-electron chi connectivity index (χ1n) is 13.2. The maximum Gasteiger partial charge on any atom is 0.309 e. The monoisotopic (exact) mass is 519 g/mol. The molecule has 1 aromatic heterocycles. The number of hydrogen-bond acceptors (Lipinski definition) is 7. The highest BCUT2D eigenvalue weighted by Gasteiger charge is 2.42. The maximum absolute atomic E-state index is 13.3. The van der Waals surface area contributed by atoms with Crippen molar-refractivity contribution in [3.05, 3.63) is 33.3 Å². The highest BCUT2D eigenvalue weighted by Crippen LogP contribution is 2.32. The Hall–Kier alpha value is -1.83. The topological polar surface area (TPSA) is 96.7 Å². The molecule has 0 bridgehead atoms. The third-order valence-corrected chi connectivity index (χ3v) is 8.27. The summed E-state index contributed by atoms with van der Waals surface area (Å²) >= 11 is 1.57. The number of carbonyl (C=O) groups excluding carboxylic acids is 2. The summed E-state index contributed by atoms with van der Waals surface area (Å²) in [6.45, 7) is 13.0. The molecule has 0 saturated heterocycles. The van der Waals surface area contributed by atoms with Gasteiger partial charge in [0.1, 0.15) is 11.9 Å². The fourth-order valence-electron chi connectivity index (χ4n) is 4.86. The molecule has 2 N–H and O–H groups in total. The van der Waals surface area contributed by atoms with Crippen molar-refractivity contribution in [2.75, 3.05) is 0 Å². The Morgan fingerprint density at radius 3 is 2.58 bits per heavy atom. The van der Waals surface area contributed by atoms with Crippen LogP contribution in [0.3, 0.4) is 0 Å². The highest BCUT2D eigenvalue weighted by molar-refractivity contribution is 7.09. The van der Waals surface area contributed by atoms with Gasteiger partial charge < -0.3 is 14.9 Å². The zero-order valence-corrected chi connectivity index (χ0v) is 23.9. The van der Waals surface area contributed by atoms with Crippen molar-refractivity contribution >= 4 is 29.2 Å². The van der Waals surface area contributed by atoms with Crippen LogP contribution in [0.15, 0.2) is 22.6 Å².